The number of fused-ring (bicyclic) bond motifs is 2. The third-order valence-electron chi connectivity index (χ3n) is 4.90. The molecule has 0 radical (unpaired) electrons. The van der Waals surface area contributed by atoms with Crippen LogP contribution < -0.4 is 11.1 Å². The van der Waals surface area contributed by atoms with Crippen molar-refractivity contribution in [2.24, 2.45) is 10.9 Å². The topological polar surface area (TPSA) is 132 Å². The third-order valence-corrected chi connectivity index (χ3v) is 6.47. The van der Waals surface area contributed by atoms with Crippen LogP contribution in [0.2, 0.25) is 0 Å². The van der Waals surface area contributed by atoms with Crippen molar-refractivity contribution >= 4 is 55.5 Å². The molecule has 4 aromatic heterocycles. The molecule has 0 aliphatic carbocycles. The highest BCUT2D eigenvalue weighted by molar-refractivity contribution is 7.21. The Hall–Kier alpha value is -3.96. The van der Waals surface area contributed by atoms with Crippen molar-refractivity contribution in [3.63, 3.8) is 0 Å². The lowest BCUT2D eigenvalue weighted by atomic mass is 10.2. The van der Waals surface area contributed by atoms with Gasteiger partial charge in [-0.3, -0.25) is 14.0 Å². The fourth-order valence-corrected chi connectivity index (χ4v) is 4.91. The average molecular weight is 463 g/mol. The molecule has 3 N–H and O–H groups in total. The van der Waals surface area contributed by atoms with Crippen LogP contribution in [0, 0.1) is 4.91 Å². The lowest BCUT2D eigenvalue weighted by molar-refractivity contribution is 0.0949. The monoisotopic (exact) mass is 462 g/mol. The molecule has 0 spiro atoms. The minimum absolute atomic E-state index is 0.166. The molecule has 32 heavy (non-hydrogen) atoms. The van der Waals surface area contributed by atoms with Gasteiger partial charge in [0.2, 0.25) is 0 Å². The van der Waals surface area contributed by atoms with Gasteiger partial charge in [0.15, 0.2) is 5.65 Å². The lowest BCUT2D eigenvalue weighted by Crippen LogP contribution is -2.23. The van der Waals surface area contributed by atoms with Crippen molar-refractivity contribution < 1.29 is 9.59 Å². The summed E-state index contributed by atoms with van der Waals surface area (Å²) >= 11 is 2.67. The van der Waals surface area contributed by atoms with Gasteiger partial charge in [-0.2, -0.15) is 11.3 Å². The molecule has 4 heterocycles. The highest BCUT2D eigenvalue weighted by Crippen LogP contribution is 2.29. The molecular weight excluding hydrogens is 448 g/mol. The first-order valence-electron chi connectivity index (χ1n) is 9.39. The Kier molecular flexibility index (Phi) is 4.96. The van der Waals surface area contributed by atoms with Crippen LogP contribution in [0.5, 0.6) is 0 Å². The van der Waals surface area contributed by atoms with Gasteiger partial charge in [0.1, 0.15) is 11.4 Å². The SMILES string of the molecule is NC(=O)c1c(-c2ccsc2)nc2c(C(=O)NCc3ccc4nc(N=O)sc4c3)cccn12. The van der Waals surface area contributed by atoms with E-state index in [0.717, 1.165) is 15.8 Å². The first-order chi connectivity index (χ1) is 15.5. The maximum absolute atomic E-state index is 13.0. The Balaban J connectivity index is 1.46. The number of carbonyl (C=O) groups is 2. The van der Waals surface area contributed by atoms with Crippen LogP contribution in [0.4, 0.5) is 5.13 Å². The molecule has 9 nitrogen and oxygen atoms in total. The van der Waals surface area contributed by atoms with Crippen molar-refractivity contribution in [3.8, 4) is 11.3 Å². The molecule has 0 aliphatic rings. The fraction of sp³-hybridized carbons (Fsp3) is 0.0476. The molecule has 1 aromatic carbocycles. The summed E-state index contributed by atoms with van der Waals surface area (Å²) in [6.45, 7) is 0.262. The number of rotatable bonds is 6. The smallest absolute Gasteiger partial charge is 0.268 e. The average Bonchev–Trinajstić information content (AvgIpc) is 3.53. The first kappa shape index (κ1) is 20.0. The second-order valence-electron chi connectivity index (χ2n) is 6.87. The van der Waals surface area contributed by atoms with Gasteiger partial charge >= 0.3 is 0 Å². The standard InChI is InChI=1S/C21H14N6O3S2/c22-18(28)17-16(12-5-7-31-10-12)25-19-13(2-1-6-27(17)19)20(29)23-9-11-3-4-14-15(8-11)32-21(24-14)26-30/h1-8,10H,9H2,(H2,22,28)(H,23,29). The van der Waals surface area contributed by atoms with Crippen LogP contribution >= 0.6 is 22.7 Å². The third kappa shape index (κ3) is 3.43. The number of nitrogens with one attached hydrogen (secondary N) is 1. The molecule has 0 bridgehead atoms. The number of imidazole rings is 1. The summed E-state index contributed by atoms with van der Waals surface area (Å²) in [5.41, 5.74) is 9.25. The molecule has 0 aliphatic heterocycles. The Labute approximate surface area is 188 Å². The Bertz CT molecular complexity index is 1500. The number of nitrogens with two attached hydrogens (primary N) is 1. The molecule has 158 valence electrons. The molecule has 0 saturated heterocycles. The maximum Gasteiger partial charge on any atom is 0.268 e. The van der Waals surface area contributed by atoms with E-state index < -0.39 is 5.91 Å². The Morgan fingerprint density at radius 3 is 2.81 bits per heavy atom. The molecule has 0 fully saturated rings. The summed E-state index contributed by atoms with van der Waals surface area (Å²) in [6.07, 6.45) is 1.66. The largest absolute Gasteiger partial charge is 0.364 e. The summed E-state index contributed by atoms with van der Waals surface area (Å²) in [7, 11) is 0. The number of nitrogens with zero attached hydrogens (tertiary/aromatic N) is 4. The molecule has 0 saturated carbocycles. The zero-order valence-corrected chi connectivity index (χ0v) is 17.9. The Morgan fingerprint density at radius 1 is 1.19 bits per heavy atom. The van der Waals surface area contributed by atoms with Gasteiger partial charge in [-0.1, -0.05) is 17.4 Å². The van der Waals surface area contributed by atoms with Crippen molar-refractivity contribution in [3.05, 3.63) is 75.1 Å². The van der Waals surface area contributed by atoms with Gasteiger partial charge in [0.05, 0.1) is 15.8 Å². The summed E-state index contributed by atoms with van der Waals surface area (Å²) in [6, 6.07) is 10.6. The number of thiophene rings is 1. The minimum Gasteiger partial charge on any atom is -0.364 e. The van der Waals surface area contributed by atoms with Gasteiger partial charge in [0, 0.05) is 28.9 Å². The van der Waals surface area contributed by atoms with E-state index in [0.29, 0.717) is 22.4 Å². The van der Waals surface area contributed by atoms with Gasteiger partial charge in [-0.05, 0) is 41.3 Å². The van der Waals surface area contributed by atoms with E-state index in [1.165, 1.54) is 22.7 Å². The van der Waals surface area contributed by atoms with Gasteiger partial charge < -0.3 is 11.1 Å². The van der Waals surface area contributed by atoms with Gasteiger partial charge in [-0.15, -0.1) is 4.91 Å². The number of amides is 2. The fourth-order valence-electron chi connectivity index (χ4n) is 3.46. The normalized spacial score (nSPS) is 11.1. The van der Waals surface area contributed by atoms with Crippen LogP contribution in [-0.4, -0.2) is 26.2 Å². The molecule has 0 unspecified atom stereocenters. The molecule has 2 amide bonds. The Morgan fingerprint density at radius 2 is 2.06 bits per heavy atom. The van der Waals surface area contributed by atoms with Crippen LogP contribution in [0.3, 0.4) is 0 Å². The van der Waals surface area contributed by atoms with Crippen LogP contribution in [-0.2, 0) is 6.54 Å². The summed E-state index contributed by atoms with van der Waals surface area (Å²) in [5.74, 6) is -0.966. The highest BCUT2D eigenvalue weighted by atomic mass is 32.1. The van der Waals surface area contributed by atoms with E-state index in [1.807, 2.05) is 29.0 Å². The van der Waals surface area contributed by atoms with Crippen LogP contribution in [0.25, 0.3) is 27.1 Å². The predicted octanol–water partition coefficient (Wildman–Crippen LogP) is 4.10. The summed E-state index contributed by atoms with van der Waals surface area (Å²) in [5, 5.41) is 9.66. The van der Waals surface area contributed by atoms with E-state index in [9.17, 15) is 14.5 Å². The number of primary amides is 1. The lowest BCUT2D eigenvalue weighted by Gasteiger charge is -2.07. The summed E-state index contributed by atoms with van der Waals surface area (Å²) in [4.78, 5) is 44.5. The van der Waals surface area contributed by atoms with Gasteiger partial charge in [0.25, 0.3) is 16.9 Å². The number of hydrogen-bond donors (Lipinski definition) is 2. The number of thiazole rings is 1. The van der Waals surface area contributed by atoms with Crippen LogP contribution in [0.15, 0.2) is 58.5 Å². The minimum atomic E-state index is -0.627. The van der Waals surface area contributed by atoms with Crippen molar-refractivity contribution in [2.45, 2.75) is 6.54 Å². The number of hydrogen-bond acceptors (Lipinski definition) is 8. The van der Waals surface area contributed by atoms with Crippen molar-refractivity contribution in [2.75, 3.05) is 0 Å². The van der Waals surface area contributed by atoms with Crippen molar-refractivity contribution in [1.29, 1.82) is 0 Å². The number of carbonyl (C=O) groups excluding carboxylic acids is 2. The quantitative estimate of drug-likeness (QED) is 0.367. The molecule has 11 heteroatoms. The zero-order valence-electron chi connectivity index (χ0n) is 16.3. The van der Waals surface area contributed by atoms with E-state index in [-0.39, 0.29) is 23.3 Å². The molecular formula is C21H14N6O3S2. The van der Waals surface area contributed by atoms with E-state index >= 15 is 0 Å². The first-order valence-corrected chi connectivity index (χ1v) is 11.2. The predicted molar refractivity (Wildman–Crippen MR) is 123 cm³/mol. The molecule has 5 aromatic rings. The summed E-state index contributed by atoms with van der Waals surface area (Å²) < 4.78 is 2.36. The second kappa shape index (κ2) is 7.94. The van der Waals surface area contributed by atoms with Gasteiger partial charge in [-0.25, -0.2) is 9.97 Å². The van der Waals surface area contributed by atoms with E-state index in [1.54, 1.807) is 28.8 Å². The number of benzene rings is 1. The van der Waals surface area contributed by atoms with Crippen molar-refractivity contribution in [1.82, 2.24) is 19.7 Å². The zero-order chi connectivity index (χ0) is 22.2. The van der Waals surface area contributed by atoms with E-state index in [2.05, 4.69) is 20.5 Å². The van der Waals surface area contributed by atoms with E-state index in [4.69, 9.17) is 5.73 Å². The maximum atomic E-state index is 13.0. The number of aromatic nitrogens is 3. The second-order valence-corrected chi connectivity index (χ2v) is 8.66. The molecule has 0 atom stereocenters. The molecule has 5 rings (SSSR count). The van der Waals surface area contributed by atoms with Crippen LogP contribution in [0.1, 0.15) is 26.4 Å². The number of nitroso groups, excluding NO2 is 1. The highest BCUT2D eigenvalue weighted by Gasteiger charge is 2.22. The number of pyridine rings is 1.